The van der Waals surface area contributed by atoms with Gasteiger partial charge in [-0.15, -0.1) is 0 Å². The highest BCUT2D eigenvalue weighted by molar-refractivity contribution is 7.46. The molecule has 0 spiro atoms. The van der Waals surface area contributed by atoms with E-state index in [-0.39, 0.29) is 0 Å². The molecule has 4 aliphatic rings. The number of hydrogen-bond donors (Lipinski definition) is 15. The van der Waals surface area contributed by atoms with Crippen molar-refractivity contribution < 1.29 is 113 Å². The fourth-order valence-corrected chi connectivity index (χ4v) is 6.25. The second kappa shape index (κ2) is 17.0. The van der Waals surface area contributed by atoms with E-state index in [4.69, 9.17) is 38.9 Å². The molecule has 0 bridgehead atoms. The molecule has 16 N–H and O–H groups in total. The van der Waals surface area contributed by atoms with Gasteiger partial charge < -0.3 is 110 Å². The first-order valence-electron chi connectivity index (χ1n) is 14.9. The molecule has 25 heteroatoms. The Kier molecular flexibility index (Phi) is 14.2. The van der Waals surface area contributed by atoms with Gasteiger partial charge in [-0.1, -0.05) is 0 Å². The zero-order valence-electron chi connectivity index (χ0n) is 25.3. The van der Waals surface area contributed by atoms with Crippen LogP contribution in [0.25, 0.3) is 0 Å². The van der Waals surface area contributed by atoms with Crippen LogP contribution < -0.4 is 5.73 Å². The Morgan fingerprint density at radius 2 is 1.02 bits per heavy atom. The van der Waals surface area contributed by atoms with Gasteiger partial charge in [-0.2, -0.15) is 0 Å². The molecule has 4 saturated heterocycles. The Labute approximate surface area is 276 Å². The van der Waals surface area contributed by atoms with E-state index in [1.54, 1.807) is 0 Å². The van der Waals surface area contributed by atoms with E-state index >= 15 is 0 Å². The lowest BCUT2D eigenvalue weighted by molar-refractivity contribution is -0.375. The first-order valence-corrected chi connectivity index (χ1v) is 16.5. The minimum absolute atomic E-state index is 0.839. The minimum atomic E-state index is -5.44. The minimum Gasteiger partial charge on any atom is -0.394 e. The average molecular weight is 746 g/mol. The summed E-state index contributed by atoms with van der Waals surface area (Å²) < 4.78 is 54.5. The fourth-order valence-electron chi connectivity index (χ4n) is 5.71. The summed E-state index contributed by atoms with van der Waals surface area (Å²) in [6.45, 7) is -3.46. The zero-order chi connectivity index (χ0) is 36.5. The third kappa shape index (κ3) is 9.10. The molecule has 0 radical (unpaired) electrons. The number of rotatable bonds is 12. The highest BCUT2D eigenvalue weighted by Crippen LogP contribution is 2.42. The van der Waals surface area contributed by atoms with Gasteiger partial charge in [0.25, 0.3) is 0 Å². The first-order chi connectivity index (χ1) is 22.9. The molecule has 4 aliphatic heterocycles. The van der Waals surface area contributed by atoms with Crippen LogP contribution in [0.15, 0.2) is 0 Å². The van der Waals surface area contributed by atoms with Crippen molar-refractivity contribution in [1.29, 1.82) is 0 Å². The molecule has 0 unspecified atom stereocenters. The van der Waals surface area contributed by atoms with Crippen molar-refractivity contribution in [3.8, 4) is 0 Å². The molecule has 0 aliphatic carbocycles. The van der Waals surface area contributed by atoms with Crippen LogP contribution in [0, 0.1) is 0 Å². The van der Waals surface area contributed by atoms with E-state index in [2.05, 4.69) is 4.52 Å². The van der Waals surface area contributed by atoms with E-state index < -0.39 is 157 Å². The van der Waals surface area contributed by atoms with Crippen molar-refractivity contribution in [3.63, 3.8) is 0 Å². The molecule has 288 valence electrons. The molecule has 0 amide bonds. The second-order valence-electron chi connectivity index (χ2n) is 11.8. The predicted octanol–water partition coefficient (Wildman–Crippen LogP) is -9.67. The van der Waals surface area contributed by atoms with E-state index in [1.807, 2.05) is 0 Å². The molecule has 0 aromatic heterocycles. The highest BCUT2D eigenvalue weighted by Gasteiger charge is 2.54. The Balaban J connectivity index is 1.55. The monoisotopic (exact) mass is 745 g/mol. The standard InChI is InChI=1S/C24H44NO23P/c25-9-13(32)18(7(3-28)42-21(9)37)46-24-20(48-49(38,39)40)16(35)12(31)8(45-24)4-41-23-19(15(34)11(30)6(2-27)44-23)47-22-17(36)14(33)10(29)5(1-26)43-22/h5-24,26-37H,1-4,25H2,(H2,38,39,40)/t5-,6-,7-,8-,9-,10-,11-,12-,13-,14+,15+,16+,17+,18-,19+,20+,21+,22-,23+,24-/m1/s1. The smallest absolute Gasteiger partial charge is 0.394 e. The molecule has 20 atom stereocenters. The van der Waals surface area contributed by atoms with Gasteiger partial charge in [-0.05, 0) is 0 Å². The number of phosphoric acid groups is 1. The van der Waals surface area contributed by atoms with Gasteiger partial charge in [0.1, 0.15) is 91.6 Å². The number of ether oxygens (including phenoxy) is 7. The molecule has 24 nitrogen and oxygen atoms in total. The van der Waals surface area contributed by atoms with Gasteiger partial charge >= 0.3 is 7.82 Å². The molecular weight excluding hydrogens is 701 g/mol. The SMILES string of the molecule is N[C@@H]1[C@@H](O)[C@H](O[C@H]2O[C@H](CO[C@H]3O[C@H](CO)[C@@H](O)[C@H](O)[C@@H]3O[C@H]3O[C@H](CO)[C@@H](O)[C@H](O)[C@@H]3O)[C@@H](O)[C@H](O)[C@@H]2OP(=O)(O)O)[C@@H](CO)O[C@@H]1O. The summed E-state index contributed by atoms with van der Waals surface area (Å²) in [5, 5.41) is 123. The summed E-state index contributed by atoms with van der Waals surface area (Å²) in [5.74, 6) is 0. The zero-order valence-corrected chi connectivity index (χ0v) is 26.2. The third-order valence-electron chi connectivity index (χ3n) is 8.50. The van der Waals surface area contributed by atoms with Crippen molar-refractivity contribution in [2.45, 2.75) is 123 Å². The Morgan fingerprint density at radius 1 is 0.531 bits per heavy atom. The predicted molar refractivity (Wildman–Crippen MR) is 147 cm³/mol. The van der Waals surface area contributed by atoms with Crippen molar-refractivity contribution in [2.24, 2.45) is 5.73 Å². The fraction of sp³-hybridized carbons (Fsp3) is 1.00. The van der Waals surface area contributed by atoms with Crippen molar-refractivity contribution in [1.82, 2.24) is 0 Å². The lowest BCUT2D eigenvalue weighted by Crippen LogP contribution is -2.66. The van der Waals surface area contributed by atoms with Gasteiger partial charge in [-0.3, -0.25) is 4.52 Å². The normalized spacial score (nSPS) is 49.9. The van der Waals surface area contributed by atoms with Crippen LogP contribution in [-0.2, 0) is 42.2 Å². The van der Waals surface area contributed by atoms with Crippen molar-refractivity contribution in [3.05, 3.63) is 0 Å². The molecule has 4 rings (SSSR count). The number of aliphatic hydroxyl groups excluding tert-OH is 12. The summed E-state index contributed by atoms with van der Waals surface area (Å²) in [6, 6.07) is -1.52. The molecular formula is C24H44NO23P. The first kappa shape index (κ1) is 41.1. The maximum absolute atomic E-state index is 11.7. The quantitative estimate of drug-likeness (QED) is 0.0824. The van der Waals surface area contributed by atoms with Gasteiger partial charge in [0.2, 0.25) is 0 Å². The van der Waals surface area contributed by atoms with Crippen LogP contribution in [0.3, 0.4) is 0 Å². The number of phosphoric ester groups is 1. The van der Waals surface area contributed by atoms with E-state index in [0.29, 0.717) is 0 Å². The second-order valence-corrected chi connectivity index (χ2v) is 13.0. The van der Waals surface area contributed by atoms with Crippen LogP contribution in [0.4, 0.5) is 0 Å². The van der Waals surface area contributed by atoms with Crippen LogP contribution in [0.5, 0.6) is 0 Å². The summed E-state index contributed by atoms with van der Waals surface area (Å²) in [7, 11) is -5.44. The molecule has 0 saturated carbocycles. The van der Waals surface area contributed by atoms with Crippen LogP contribution >= 0.6 is 7.82 Å². The summed E-state index contributed by atoms with van der Waals surface area (Å²) >= 11 is 0. The van der Waals surface area contributed by atoms with Gasteiger partial charge in [0.05, 0.1) is 32.5 Å². The average Bonchev–Trinajstić information content (AvgIpc) is 3.05. The summed E-state index contributed by atoms with van der Waals surface area (Å²) in [6.07, 6.45) is -35.0. The maximum atomic E-state index is 11.7. The van der Waals surface area contributed by atoms with Gasteiger partial charge in [0.15, 0.2) is 25.2 Å². The van der Waals surface area contributed by atoms with Crippen LogP contribution in [0.1, 0.15) is 0 Å². The lowest BCUT2D eigenvalue weighted by atomic mass is 9.96. The summed E-state index contributed by atoms with van der Waals surface area (Å²) in [4.78, 5) is 18.9. The largest absolute Gasteiger partial charge is 0.470 e. The molecule has 4 heterocycles. The topological polar surface area (TPSA) is 400 Å². The Bertz CT molecular complexity index is 1090. The summed E-state index contributed by atoms with van der Waals surface area (Å²) in [5.41, 5.74) is 5.70. The number of hydrogen-bond acceptors (Lipinski definition) is 22. The van der Waals surface area contributed by atoms with Crippen molar-refractivity contribution >= 4 is 7.82 Å². The lowest BCUT2D eigenvalue weighted by Gasteiger charge is -2.47. The number of nitrogens with two attached hydrogens (primary N) is 1. The Hall–Kier alpha value is -0.690. The van der Waals surface area contributed by atoms with Gasteiger partial charge in [-0.25, -0.2) is 4.57 Å². The highest BCUT2D eigenvalue weighted by atomic mass is 31.2. The Morgan fingerprint density at radius 3 is 1.59 bits per heavy atom. The molecule has 4 fully saturated rings. The molecule has 0 aromatic carbocycles. The van der Waals surface area contributed by atoms with E-state index in [1.165, 1.54) is 0 Å². The number of aliphatic hydroxyl groups is 12. The van der Waals surface area contributed by atoms with E-state index in [9.17, 15) is 75.6 Å². The van der Waals surface area contributed by atoms with Crippen LogP contribution in [0.2, 0.25) is 0 Å². The third-order valence-corrected chi connectivity index (χ3v) is 9.02. The van der Waals surface area contributed by atoms with Crippen LogP contribution in [-0.4, -0.2) is 220 Å². The molecule has 49 heavy (non-hydrogen) atoms. The van der Waals surface area contributed by atoms with Gasteiger partial charge in [0, 0.05) is 0 Å². The molecule has 0 aromatic rings. The van der Waals surface area contributed by atoms with Crippen molar-refractivity contribution in [2.75, 3.05) is 26.4 Å². The maximum Gasteiger partial charge on any atom is 0.470 e. The van der Waals surface area contributed by atoms with E-state index in [0.717, 1.165) is 0 Å².